The van der Waals surface area contributed by atoms with Crippen molar-refractivity contribution in [3.8, 4) is 55.6 Å². The van der Waals surface area contributed by atoms with E-state index in [1.165, 1.54) is 207 Å². The molecular formula is C80H85N5. The molecule has 0 fully saturated rings. The molecule has 0 bridgehead atoms. The Bertz CT molecular complexity index is 4380. The topological polar surface area (TPSA) is 64.5 Å². The van der Waals surface area contributed by atoms with Gasteiger partial charge in [-0.25, -0.2) is 0 Å². The van der Waals surface area contributed by atoms with Gasteiger partial charge < -0.3 is 0 Å². The quantitative estimate of drug-likeness (QED) is 0.151. The molecule has 0 amide bonds. The summed E-state index contributed by atoms with van der Waals surface area (Å²) in [6.07, 6.45) is 8.94. The third kappa shape index (κ3) is 10.9. The van der Waals surface area contributed by atoms with Crippen LogP contribution in [0.25, 0.3) is 55.6 Å². The Morgan fingerprint density at radius 3 is 1.31 bits per heavy atom. The lowest BCUT2D eigenvalue weighted by molar-refractivity contribution is 1.05. The van der Waals surface area contributed by atoms with E-state index in [-0.39, 0.29) is 0 Å². The van der Waals surface area contributed by atoms with Gasteiger partial charge in [0.25, 0.3) is 0 Å². The van der Waals surface area contributed by atoms with Gasteiger partial charge in [0.1, 0.15) is 0 Å². The number of fused-ring (bicyclic) bond motifs is 15. The number of aromatic nitrogens is 5. The predicted molar refractivity (Wildman–Crippen MR) is 357 cm³/mol. The van der Waals surface area contributed by atoms with Crippen LogP contribution in [0.5, 0.6) is 0 Å². The van der Waals surface area contributed by atoms with Gasteiger partial charge in [0.05, 0.1) is 28.5 Å². The first kappa shape index (κ1) is 58.6. The largest absolute Gasteiger partial charge is 0.260 e. The lowest BCUT2D eigenvalue weighted by Crippen LogP contribution is -1.92. The minimum atomic E-state index is 0.993. The standard InChI is InChI=1S/5C16H17N/c1-9-6-13-8-15-16(14(13)7-10(9)2)11(3)5-12(4)17-15;1-9-5-13-7-15-16(14(13)6-10(9)2)12(4)11(3)8-17-15;1-9-5-13-8-16-15(14(13)6-10(9)2)7-11(3)12(4)17-16;1-9-5-14-15(17-8-9)7-13-6-10(2)11(3)12(4)16(13)14;1-9-7-13-8-15-14(6-5-10(2)17-15)16(13)12(4)11(9)3/h5-7H,8H2,1-4H3;5-6,8H,7H2,1-4H3;5-7H,8H2,1-4H3;5-6,8H,7H2,1-4H3;5-7H,8H2,1-4H3. The maximum Gasteiger partial charge on any atom is 0.0531 e. The van der Waals surface area contributed by atoms with Gasteiger partial charge in [-0.05, 0) is 313 Å². The molecular weight excluding hydrogens is 1030 g/mol. The summed E-state index contributed by atoms with van der Waals surface area (Å²) in [7, 11) is 0. The van der Waals surface area contributed by atoms with Crippen molar-refractivity contribution in [2.45, 2.75) is 171 Å². The van der Waals surface area contributed by atoms with Crippen LogP contribution in [-0.2, 0) is 32.1 Å². The van der Waals surface area contributed by atoms with Crippen molar-refractivity contribution in [1.29, 1.82) is 0 Å². The van der Waals surface area contributed by atoms with Crippen LogP contribution < -0.4 is 0 Å². The van der Waals surface area contributed by atoms with Gasteiger partial charge in [-0.15, -0.1) is 0 Å². The second kappa shape index (κ2) is 22.7. The van der Waals surface area contributed by atoms with E-state index < -0.39 is 0 Å². The lowest BCUT2D eigenvalue weighted by atomic mass is 9.93. The molecule has 430 valence electrons. The van der Waals surface area contributed by atoms with Gasteiger partial charge in [0, 0.05) is 89.4 Å². The van der Waals surface area contributed by atoms with Crippen molar-refractivity contribution in [1.82, 2.24) is 24.9 Å². The van der Waals surface area contributed by atoms with E-state index in [0.717, 1.165) is 49.2 Å². The van der Waals surface area contributed by atoms with Crippen molar-refractivity contribution in [3.05, 3.63) is 259 Å². The molecule has 85 heavy (non-hydrogen) atoms. The van der Waals surface area contributed by atoms with Gasteiger partial charge in [-0.2, -0.15) is 0 Å². The number of pyridine rings is 5. The Labute approximate surface area is 507 Å². The first-order valence-electron chi connectivity index (χ1n) is 30.7. The first-order valence-corrected chi connectivity index (χ1v) is 30.7. The molecule has 0 aliphatic heterocycles. The fraction of sp³-hybridized carbons (Fsp3) is 0.312. The van der Waals surface area contributed by atoms with Crippen molar-refractivity contribution >= 4 is 0 Å². The van der Waals surface area contributed by atoms with Gasteiger partial charge in [0.2, 0.25) is 0 Å². The van der Waals surface area contributed by atoms with E-state index in [9.17, 15) is 0 Å². The molecule has 5 heteroatoms. The summed E-state index contributed by atoms with van der Waals surface area (Å²) < 4.78 is 0. The average molecular weight is 1120 g/mol. The van der Waals surface area contributed by atoms with E-state index in [2.05, 4.69) is 237 Å². The Morgan fingerprint density at radius 2 is 0.694 bits per heavy atom. The molecule has 5 heterocycles. The minimum absolute atomic E-state index is 0.993. The number of nitrogens with zero attached hydrogens (tertiary/aromatic N) is 5. The number of benzene rings is 5. The van der Waals surface area contributed by atoms with Crippen LogP contribution >= 0.6 is 0 Å². The van der Waals surface area contributed by atoms with Crippen LogP contribution in [0.1, 0.15) is 168 Å². The van der Waals surface area contributed by atoms with E-state index in [0.29, 0.717) is 0 Å². The molecule has 10 aromatic rings. The summed E-state index contributed by atoms with van der Waals surface area (Å²) in [6, 6.07) is 29.7. The van der Waals surface area contributed by atoms with Crippen molar-refractivity contribution in [2.75, 3.05) is 0 Å². The van der Waals surface area contributed by atoms with Crippen molar-refractivity contribution < 1.29 is 0 Å². The Hall–Kier alpha value is -8.15. The zero-order chi connectivity index (χ0) is 60.8. The number of aryl methyl sites for hydroxylation is 15. The Kier molecular flexibility index (Phi) is 15.6. The lowest BCUT2D eigenvalue weighted by Gasteiger charge is -2.11. The molecule has 5 aliphatic carbocycles. The Balaban J connectivity index is 0.000000111. The number of hydrogen-bond acceptors (Lipinski definition) is 5. The van der Waals surface area contributed by atoms with Crippen LogP contribution in [0.2, 0.25) is 0 Å². The first-order chi connectivity index (χ1) is 40.3. The monoisotopic (exact) mass is 1120 g/mol. The maximum absolute atomic E-state index is 4.73. The molecule has 0 saturated carbocycles. The summed E-state index contributed by atoms with van der Waals surface area (Å²) >= 11 is 0. The molecule has 5 aromatic carbocycles. The van der Waals surface area contributed by atoms with E-state index in [1.54, 1.807) is 0 Å². The second-order valence-electron chi connectivity index (χ2n) is 25.7. The fourth-order valence-electron chi connectivity index (χ4n) is 13.7. The van der Waals surface area contributed by atoms with Crippen LogP contribution in [0, 0.1) is 138 Å². The van der Waals surface area contributed by atoms with Crippen LogP contribution in [0.3, 0.4) is 0 Å². The third-order valence-corrected chi connectivity index (χ3v) is 19.7. The number of hydrogen-bond donors (Lipinski definition) is 0. The molecule has 5 aromatic heterocycles. The van der Waals surface area contributed by atoms with Gasteiger partial charge in [-0.1, -0.05) is 54.6 Å². The van der Waals surface area contributed by atoms with Crippen LogP contribution in [0.15, 0.2) is 91.3 Å². The highest BCUT2D eigenvalue weighted by molar-refractivity contribution is 5.83. The van der Waals surface area contributed by atoms with Gasteiger partial charge >= 0.3 is 0 Å². The van der Waals surface area contributed by atoms with Crippen LogP contribution in [0.4, 0.5) is 0 Å². The highest BCUT2D eigenvalue weighted by Crippen LogP contribution is 2.44. The van der Waals surface area contributed by atoms with Gasteiger partial charge in [0.15, 0.2) is 0 Å². The average Bonchev–Trinajstić information content (AvgIpc) is 1.97. The van der Waals surface area contributed by atoms with E-state index in [1.807, 2.05) is 12.4 Å². The van der Waals surface area contributed by atoms with Gasteiger partial charge in [-0.3, -0.25) is 24.9 Å². The SMILES string of the molecule is Cc1cc(C)c2c(n1)Cc1cc(C)c(C)cc1-2.Cc1cc2c(cc1C)-c1c(ncc(C)c1C)C2.Cc1cc2c(cc1C)-c1cc(C)c(C)nc1C2.Cc1ccc2c(n1)Cc1cc(C)c(C)c(C)c1-2.Cc1cnc2c(c1)-c1c(cc(C)c(C)c1C)C2. The molecule has 0 N–H and O–H groups in total. The third-order valence-electron chi connectivity index (χ3n) is 19.7. The van der Waals surface area contributed by atoms with Crippen LogP contribution in [-0.4, -0.2) is 24.9 Å². The highest BCUT2D eigenvalue weighted by Gasteiger charge is 2.27. The molecule has 0 atom stereocenters. The molecule has 0 saturated heterocycles. The molecule has 5 nitrogen and oxygen atoms in total. The second-order valence-corrected chi connectivity index (χ2v) is 25.7. The van der Waals surface area contributed by atoms with E-state index >= 15 is 0 Å². The summed E-state index contributed by atoms with van der Waals surface area (Å²) in [6.45, 7) is 43.4. The highest BCUT2D eigenvalue weighted by atomic mass is 14.7. The molecule has 0 spiro atoms. The predicted octanol–water partition coefficient (Wildman–Crippen LogP) is 19.4. The number of rotatable bonds is 0. The zero-order valence-electron chi connectivity index (χ0n) is 54.4. The summed E-state index contributed by atoms with van der Waals surface area (Å²) in [5.41, 5.74) is 53.9. The maximum atomic E-state index is 4.73. The summed E-state index contributed by atoms with van der Waals surface area (Å²) in [5.74, 6) is 0. The fourth-order valence-corrected chi connectivity index (χ4v) is 13.7. The van der Waals surface area contributed by atoms with Crippen molar-refractivity contribution in [3.63, 3.8) is 0 Å². The summed E-state index contributed by atoms with van der Waals surface area (Å²) in [4.78, 5) is 23.3. The molecule has 15 rings (SSSR count). The smallest absolute Gasteiger partial charge is 0.0531 e. The zero-order valence-corrected chi connectivity index (χ0v) is 54.4. The van der Waals surface area contributed by atoms with Crippen molar-refractivity contribution in [2.24, 2.45) is 0 Å². The van der Waals surface area contributed by atoms with E-state index in [4.69, 9.17) is 4.98 Å². The summed E-state index contributed by atoms with van der Waals surface area (Å²) in [5, 5.41) is 0. The Morgan fingerprint density at radius 1 is 0.247 bits per heavy atom. The molecule has 5 aliphatic rings. The minimum Gasteiger partial charge on any atom is -0.260 e. The molecule has 0 unspecified atom stereocenters. The molecule has 0 radical (unpaired) electrons. The normalized spacial score (nSPS) is 12.5.